The third kappa shape index (κ3) is 2.51. The van der Waals surface area contributed by atoms with E-state index in [4.69, 9.17) is 0 Å². The highest BCUT2D eigenvalue weighted by Gasteiger charge is 2.14. The van der Waals surface area contributed by atoms with Gasteiger partial charge in [0, 0.05) is 10.4 Å². The van der Waals surface area contributed by atoms with E-state index in [-0.39, 0.29) is 5.41 Å². The Balaban J connectivity index is 2.40. The van der Waals surface area contributed by atoms with Gasteiger partial charge in [-0.1, -0.05) is 45.0 Å². The Bertz CT molecular complexity index is 561. The van der Waals surface area contributed by atoms with Crippen LogP contribution >= 0.6 is 11.3 Å². The van der Waals surface area contributed by atoms with Crippen molar-refractivity contribution in [2.75, 3.05) is 0 Å². The van der Waals surface area contributed by atoms with Crippen molar-refractivity contribution in [1.82, 2.24) is 4.98 Å². The zero-order valence-electron chi connectivity index (χ0n) is 11.2. The van der Waals surface area contributed by atoms with Crippen LogP contribution in [0.15, 0.2) is 24.3 Å². The summed E-state index contributed by atoms with van der Waals surface area (Å²) in [7, 11) is 0. The van der Waals surface area contributed by atoms with E-state index in [0.29, 0.717) is 5.01 Å². The van der Waals surface area contributed by atoms with Gasteiger partial charge in [-0.3, -0.25) is 4.79 Å². The molecule has 3 heteroatoms. The standard InChI is InChI=1S/C15H17NOS/c1-10-14(16-13(9-17)18-10)11-5-7-12(8-6-11)15(2,3)4/h5-9H,1-4H3. The van der Waals surface area contributed by atoms with Crippen LogP contribution in [0.4, 0.5) is 0 Å². The summed E-state index contributed by atoms with van der Waals surface area (Å²) in [5.74, 6) is 0. The van der Waals surface area contributed by atoms with E-state index >= 15 is 0 Å². The summed E-state index contributed by atoms with van der Waals surface area (Å²) >= 11 is 1.44. The maximum atomic E-state index is 10.7. The summed E-state index contributed by atoms with van der Waals surface area (Å²) < 4.78 is 0. The molecule has 1 aromatic carbocycles. The van der Waals surface area contributed by atoms with E-state index in [2.05, 4.69) is 50.0 Å². The van der Waals surface area contributed by atoms with Crippen LogP contribution in [0.3, 0.4) is 0 Å². The second-order valence-corrected chi connectivity index (χ2v) is 6.64. The first kappa shape index (κ1) is 13.0. The maximum Gasteiger partial charge on any atom is 0.178 e. The van der Waals surface area contributed by atoms with Gasteiger partial charge >= 0.3 is 0 Å². The van der Waals surface area contributed by atoms with Gasteiger partial charge in [-0.25, -0.2) is 4.98 Å². The number of thiazole rings is 1. The number of rotatable bonds is 2. The van der Waals surface area contributed by atoms with Crippen molar-refractivity contribution in [3.8, 4) is 11.3 Å². The van der Waals surface area contributed by atoms with Gasteiger partial charge in [-0.2, -0.15) is 0 Å². The van der Waals surface area contributed by atoms with Gasteiger partial charge in [0.05, 0.1) is 5.69 Å². The Labute approximate surface area is 112 Å². The molecule has 0 aliphatic carbocycles. The predicted molar refractivity (Wildman–Crippen MR) is 76.4 cm³/mol. The minimum absolute atomic E-state index is 0.156. The van der Waals surface area contributed by atoms with E-state index in [1.54, 1.807) is 0 Å². The molecule has 0 aliphatic heterocycles. The Morgan fingerprint density at radius 2 is 1.78 bits per heavy atom. The number of aryl methyl sites for hydroxylation is 1. The average molecular weight is 259 g/mol. The third-order valence-electron chi connectivity index (χ3n) is 2.94. The lowest BCUT2D eigenvalue weighted by Crippen LogP contribution is -2.10. The Hall–Kier alpha value is -1.48. The van der Waals surface area contributed by atoms with Crippen LogP contribution in [0.2, 0.25) is 0 Å². The zero-order valence-corrected chi connectivity index (χ0v) is 12.0. The van der Waals surface area contributed by atoms with E-state index < -0.39 is 0 Å². The van der Waals surface area contributed by atoms with Crippen molar-refractivity contribution >= 4 is 17.6 Å². The Morgan fingerprint density at radius 1 is 1.17 bits per heavy atom. The SMILES string of the molecule is Cc1sc(C=O)nc1-c1ccc(C(C)(C)C)cc1. The van der Waals surface area contributed by atoms with Gasteiger partial charge in [-0.05, 0) is 17.9 Å². The second kappa shape index (κ2) is 4.65. The van der Waals surface area contributed by atoms with Gasteiger partial charge < -0.3 is 0 Å². The molecule has 0 saturated carbocycles. The van der Waals surface area contributed by atoms with Crippen molar-refractivity contribution in [1.29, 1.82) is 0 Å². The normalized spacial score (nSPS) is 11.6. The lowest BCUT2D eigenvalue weighted by molar-refractivity contribution is 0.112. The highest BCUT2D eigenvalue weighted by Crippen LogP contribution is 2.29. The van der Waals surface area contributed by atoms with Crippen LogP contribution in [0.25, 0.3) is 11.3 Å². The highest BCUT2D eigenvalue weighted by molar-refractivity contribution is 7.13. The molecule has 0 amide bonds. The molecule has 18 heavy (non-hydrogen) atoms. The smallest absolute Gasteiger partial charge is 0.178 e. The number of hydrogen-bond donors (Lipinski definition) is 0. The molecule has 0 atom stereocenters. The minimum atomic E-state index is 0.156. The molecule has 2 rings (SSSR count). The predicted octanol–water partition coefficient (Wildman–Crippen LogP) is 4.23. The van der Waals surface area contributed by atoms with E-state index in [9.17, 15) is 4.79 Å². The number of hydrogen-bond acceptors (Lipinski definition) is 3. The molecule has 0 unspecified atom stereocenters. The first-order valence-electron chi connectivity index (χ1n) is 5.95. The monoisotopic (exact) mass is 259 g/mol. The summed E-state index contributed by atoms with van der Waals surface area (Å²) in [4.78, 5) is 16.2. The lowest BCUT2D eigenvalue weighted by Gasteiger charge is -2.19. The van der Waals surface area contributed by atoms with Gasteiger partial charge in [0.25, 0.3) is 0 Å². The molecule has 0 saturated heterocycles. The first-order valence-corrected chi connectivity index (χ1v) is 6.77. The van der Waals surface area contributed by atoms with Gasteiger partial charge in [0.1, 0.15) is 0 Å². The number of aromatic nitrogens is 1. The summed E-state index contributed by atoms with van der Waals surface area (Å²) in [5.41, 5.74) is 3.45. The Morgan fingerprint density at radius 3 is 2.22 bits per heavy atom. The van der Waals surface area contributed by atoms with Crippen LogP contribution in [0.5, 0.6) is 0 Å². The molecular formula is C15H17NOS. The summed E-state index contributed by atoms with van der Waals surface area (Å²) in [6.45, 7) is 8.58. The van der Waals surface area contributed by atoms with Gasteiger partial charge in [-0.15, -0.1) is 11.3 Å². The minimum Gasteiger partial charge on any atom is -0.295 e. The number of aldehydes is 1. The molecule has 1 heterocycles. The fourth-order valence-electron chi connectivity index (χ4n) is 1.86. The summed E-state index contributed by atoms with van der Waals surface area (Å²) in [6.07, 6.45) is 0.810. The molecule has 94 valence electrons. The molecule has 0 N–H and O–H groups in total. The highest BCUT2D eigenvalue weighted by atomic mass is 32.1. The van der Waals surface area contributed by atoms with Crippen LogP contribution in [0, 0.1) is 6.92 Å². The molecule has 0 spiro atoms. The fraction of sp³-hybridized carbons (Fsp3) is 0.333. The molecule has 2 aromatic rings. The molecule has 0 aliphatic rings. The van der Waals surface area contributed by atoms with Crippen molar-refractivity contribution in [2.24, 2.45) is 0 Å². The van der Waals surface area contributed by atoms with Crippen LogP contribution in [-0.2, 0) is 5.41 Å². The van der Waals surface area contributed by atoms with Crippen molar-refractivity contribution in [3.63, 3.8) is 0 Å². The van der Waals surface area contributed by atoms with Gasteiger partial charge in [0.2, 0.25) is 0 Å². The van der Waals surface area contributed by atoms with Crippen LogP contribution in [0.1, 0.15) is 41.0 Å². The quantitative estimate of drug-likeness (QED) is 0.755. The third-order valence-corrected chi connectivity index (χ3v) is 3.83. The molecule has 0 bridgehead atoms. The molecule has 2 nitrogen and oxygen atoms in total. The van der Waals surface area contributed by atoms with E-state index in [1.807, 2.05) is 6.92 Å². The second-order valence-electron chi connectivity index (χ2n) is 5.40. The number of carbonyl (C=O) groups is 1. The van der Waals surface area contributed by atoms with E-state index in [0.717, 1.165) is 22.4 Å². The van der Waals surface area contributed by atoms with Crippen molar-refractivity contribution < 1.29 is 4.79 Å². The fourth-order valence-corrected chi connectivity index (χ4v) is 2.62. The van der Waals surface area contributed by atoms with Gasteiger partial charge in [0.15, 0.2) is 11.3 Å². The zero-order chi connectivity index (χ0) is 13.3. The topological polar surface area (TPSA) is 30.0 Å². The average Bonchev–Trinajstić information content (AvgIpc) is 2.70. The van der Waals surface area contributed by atoms with Crippen LogP contribution in [-0.4, -0.2) is 11.3 Å². The molecule has 1 aromatic heterocycles. The van der Waals surface area contributed by atoms with Crippen LogP contribution < -0.4 is 0 Å². The largest absolute Gasteiger partial charge is 0.295 e. The lowest BCUT2D eigenvalue weighted by atomic mass is 9.86. The Kier molecular flexibility index (Phi) is 3.35. The molecule has 0 radical (unpaired) electrons. The van der Waals surface area contributed by atoms with E-state index in [1.165, 1.54) is 16.9 Å². The summed E-state index contributed by atoms with van der Waals surface area (Å²) in [5, 5.41) is 0.544. The van der Waals surface area contributed by atoms with Crippen molar-refractivity contribution in [2.45, 2.75) is 33.1 Å². The summed E-state index contributed by atoms with van der Waals surface area (Å²) in [6, 6.07) is 8.43. The number of benzene rings is 1. The number of nitrogens with zero attached hydrogens (tertiary/aromatic N) is 1. The molecule has 0 fully saturated rings. The molecular weight excluding hydrogens is 242 g/mol. The maximum absolute atomic E-state index is 10.7. The first-order chi connectivity index (χ1) is 8.41. The number of carbonyl (C=O) groups excluding carboxylic acids is 1. The van der Waals surface area contributed by atoms with Crippen molar-refractivity contribution in [3.05, 3.63) is 39.7 Å².